The van der Waals surface area contributed by atoms with Crippen molar-refractivity contribution in [3.8, 4) is 5.75 Å². The summed E-state index contributed by atoms with van der Waals surface area (Å²) in [7, 11) is 1.67. The molecule has 1 aliphatic heterocycles. The van der Waals surface area contributed by atoms with Gasteiger partial charge in [-0.3, -0.25) is 9.59 Å². The number of carbonyl (C=O) groups is 2. The van der Waals surface area contributed by atoms with Gasteiger partial charge in [-0.1, -0.05) is 26.0 Å². The van der Waals surface area contributed by atoms with Gasteiger partial charge in [0.25, 0.3) is 0 Å². The van der Waals surface area contributed by atoms with Crippen LogP contribution in [0.5, 0.6) is 5.75 Å². The highest BCUT2D eigenvalue weighted by Crippen LogP contribution is 2.27. The fraction of sp³-hybridized carbons (Fsp3) is 0.556. The van der Waals surface area contributed by atoms with Crippen molar-refractivity contribution in [2.75, 3.05) is 33.3 Å². The highest BCUT2D eigenvalue weighted by molar-refractivity contribution is 5.79. The average Bonchev–Trinajstić information content (AvgIpc) is 2.54. The van der Waals surface area contributed by atoms with Crippen LogP contribution in [0.3, 0.4) is 0 Å². The van der Waals surface area contributed by atoms with Crippen LogP contribution in [0.1, 0.15) is 37.8 Å². The van der Waals surface area contributed by atoms with Gasteiger partial charge in [-0.05, 0) is 23.1 Å². The molecule has 1 aromatic rings. The monoisotopic (exact) mass is 318 g/mol. The van der Waals surface area contributed by atoms with E-state index in [1.807, 2.05) is 17.0 Å². The predicted octanol–water partition coefficient (Wildman–Crippen LogP) is 2.05. The molecule has 1 aromatic carbocycles. The zero-order chi connectivity index (χ0) is 17.0. The molecule has 0 bridgehead atoms. The Labute approximate surface area is 138 Å². The quantitative estimate of drug-likeness (QED) is 0.854. The van der Waals surface area contributed by atoms with Crippen LogP contribution in [0.15, 0.2) is 18.2 Å². The molecule has 0 atom stereocenters. The molecule has 1 aliphatic rings. The molecular formula is C18H26N2O3. The molecule has 5 nitrogen and oxygen atoms in total. The standard InChI is InChI=1S/C18H26N2O3/c1-13(2)16-11-15(5-6-17(16)23-4)12-18(22)20-9-7-19(8-10-20)14(3)21/h5-6,11,13H,7-10,12H2,1-4H3. The number of benzene rings is 1. The van der Waals surface area contributed by atoms with Crippen molar-refractivity contribution in [1.82, 2.24) is 9.80 Å². The van der Waals surface area contributed by atoms with Crippen molar-refractivity contribution in [1.29, 1.82) is 0 Å². The highest BCUT2D eigenvalue weighted by Gasteiger charge is 2.22. The van der Waals surface area contributed by atoms with Crippen LogP contribution >= 0.6 is 0 Å². The molecule has 2 amide bonds. The topological polar surface area (TPSA) is 49.9 Å². The minimum atomic E-state index is 0.0776. The molecule has 0 saturated carbocycles. The third-order valence-electron chi connectivity index (χ3n) is 4.35. The van der Waals surface area contributed by atoms with Gasteiger partial charge in [0.2, 0.25) is 11.8 Å². The van der Waals surface area contributed by atoms with Crippen LogP contribution in [0.25, 0.3) is 0 Å². The maximum absolute atomic E-state index is 12.5. The van der Waals surface area contributed by atoms with Gasteiger partial charge in [0.05, 0.1) is 13.5 Å². The van der Waals surface area contributed by atoms with Crippen molar-refractivity contribution < 1.29 is 14.3 Å². The summed E-state index contributed by atoms with van der Waals surface area (Å²) in [5, 5.41) is 0. The Kier molecular flexibility index (Phi) is 5.64. The van der Waals surface area contributed by atoms with Crippen molar-refractivity contribution in [3.63, 3.8) is 0 Å². The molecule has 1 saturated heterocycles. The summed E-state index contributed by atoms with van der Waals surface area (Å²) in [6.45, 7) is 8.29. The Morgan fingerprint density at radius 3 is 2.26 bits per heavy atom. The number of hydrogen-bond donors (Lipinski definition) is 0. The SMILES string of the molecule is COc1ccc(CC(=O)N2CCN(C(C)=O)CC2)cc1C(C)C. The van der Waals surface area contributed by atoms with Gasteiger partial charge < -0.3 is 14.5 Å². The van der Waals surface area contributed by atoms with Crippen molar-refractivity contribution >= 4 is 11.8 Å². The van der Waals surface area contributed by atoms with E-state index in [1.165, 1.54) is 0 Å². The first-order valence-corrected chi connectivity index (χ1v) is 8.12. The lowest BCUT2D eigenvalue weighted by molar-refractivity contribution is -0.138. The zero-order valence-corrected chi connectivity index (χ0v) is 14.5. The molecule has 126 valence electrons. The first-order valence-electron chi connectivity index (χ1n) is 8.12. The molecule has 5 heteroatoms. The van der Waals surface area contributed by atoms with E-state index in [9.17, 15) is 9.59 Å². The second-order valence-electron chi connectivity index (χ2n) is 6.29. The molecule has 1 fully saturated rings. The molecule has 2 rings (SSSR count). The summed E-state index contributed by atoms with van der Waals surface area (Å²) in [5.41, 5.74) is 2.13. The Morgan fingerprint density at radius 1 is 1.13 bits per heavy atom. The predicted molar refractivity (Wildman–Crippen MR) is 89.6 cm³/mol. The van der Waals surface area contributed by atoms with Gasteiger partial charge >= 0.3 is 0 Å². The summed E-state index contributed by atoms with van der Waals surface area (Å²) >= 11 is 0. The Bertz CT molecular complexity index is 576. The number of nitrogens with zero attached hydrogens (tertiary/aromatic N) is 2. The van der Waals surface area contributed by atoms with Crippen molar-refractivity contribution in [2.24, 2.45) is 0 Å². The Balaban J connectivity index is 2.01. The second-order valence-corrected chi connectivity index (χ2v) is 6.29. The lowest BCUT2D eigenvalue weighted by Crippen LogP contribution is -2.50. The third kappa shape index (κ3) is 4.24. The number of amides is 2. The van der Waals surface area contributed by atoms with Gasteiger partial charge in [0, 0.05) is 33.1 Å². The van der Waals surface area contributed by atoms with Gasteiger partial charge in [-0.25, -0.2) is 0 Å². The molecule has 0 N–H and O–H groups in total. The molecular weight excluding hydrogens is 292 g/mol. The van der Waals surface area contributed by atoms with Gasteiger partial charge in [0.1, 0.15) is 5.75 Å². The van der Waals surface area contributed by atoms with Crippen LogP contribution in [0, 0.1) is 0 Å². The van der Waals surface area contributed by atoms with E-state index >= 15 is 0 Å². The maximum Gasteiger partial charge on any atom is 0.227 e. The Morgan fingerprint density at radius 2 is 1.74 bits per heavy atom. The van der Waals surface area contributed by atoms with Crippen LogP contribution in [0.2, 0.25) is 0 Å². The highest BCUT2D eigenvalue weighted by atomic mass is 16.5. The van der Waals surface area contributed by atoms with Crippen molar-refractivity contribution in [3.05, 3.63) is 29.3 Å². The summed E-state index contributed by atoms with van der Waals surface area (Å²) < 4.78 is 5.38. The van der Waals surface area contributed by atoms with Gasteiger partial charge in [-0.2, -0.15) is 0 Å². The molecule has 1 heterocycles. The number of rotatable bonds is 4. The lowest BCUT2D eigenvalue weighted by Gasteiger charge is -2.34. The van der Waals surface area contributed by atoms with Crippen LogP contribution in [-0.4, -0.2) is 54.9 Å². The van der Waals surface area contributed by atoms with Gasteiger partial charge in [0.15, 0.2) is 0 Å². The fourth-order valence-electron chi connectivity index (χ4n) is 2.90. The van der Waals surface area contributed by atoms with E-state index in [0.29, 0.717) is 38.5 Å². The molecule has 0 aliphatic carbocycles. The van der Waals surface area contributed by atoms with E-state index in [0.717, 1.165) is 16.9 Å². The largest absolute Gasteiger partial charge is 0.496 e. The molecule has 0 radical (unpaired) electrons. The second kappa shape index (κ2) is 7.49. The first kappa shape index (κ1) is 17.3. The number of ether oxygens (including phenoxy) is 1. The smallest absolute Gasteiger partial charge is 0.227 e. The molecule has 23 heavy (non-hydrogen) atoms. The lowest BCUT2D eigenvalue weighted by atomic mass is 9.98. The Hall–Kier alpha value is -2.04. The normalized spacial score (nSPS) is 15.0. The van der Waals surface area contributed by atoms with E-state index in [-0.39, 0.29) is 11.8 Å². The summed E-state index contributed by atoms with van der Waals surface area (Å²) in [6, 6.07) is 5.95. The average molecular weight is 318 g/mol. The third-order valence-corrected chi connectivity index (χ3v) is 4.35. The first-order chi connectivity index (χ1) is 10.9. The minimum Gasteiger partial charge on any atom is -0.496 e. The van der Waals surface area contributed by atoms with Crippen LogP contribution in [-0.2, 0) is 16.0 Å². The summed E-state index contributed by atoms with van der Waals surface area (Å²) in [6.07, 6.45) is 0.393. The summed E-state index contributed by atoms with van der Waals surface area (Å²) in [4.78, 5) is 27.4. The molecule has 0 aromatic heterocycles. The number of hydrogen-bond acceptors (Lipinski definition) is 3. The van der Waals surface area contributed by atoms with Crippen LogP contribution in [0.4, 0.5) is 0 Å². The van der Waals surface area contributed by atoms with E-state index in [1.54, 1.807) is 18.9 Å². The number of carbonyl (C=O) groups excluding carboxylic acids is 2. The minimum absolute atomic E-state index is 0.0776. The molecule has 0 unspecified atom stereocenters. The van der Waals surface area contributed by atoms with E-state index < -0.39 is 0 Å². The van der Waals surface area contributed by atoms with Crippen molar-refractivity contribution in [2.45, 2.75) is 33.1 Å². The molecule has 0 spiro atoms. The van der Waals surface area contributed by atoms with E-state index in [2.05, 4.69) is 19.9 Å². The summed E-state index contributed by atoms with van der Waals surface area (Å²) in [5.74, 6) is 1.41. The van der Waals surface area contributed by atoms with E-state index in [4.69, 9.17) is 4.74 Å². The fourth-order valence-corrected chi connectivity index (χ4v) is 2.90. The number of piperazine rings is 1. The van der Waals surface area contributed by atoms with Crippen LogP contribution < -0.4 is 4.74 Å². The zero-order valence-electron chi connectivity index (χ0n) is 14.5. The van der Waals surface area contributed by atoms with Gasteiger partial charge in [-0.15, -0.1) is 0 Å². The number of methoxy groups -OCH3 is 1. The maximum atomic E-state index is 12.5.